The minimum absolute atomic E-state index is 0.326. The average Bonchev–Trinajstić information content (AvgIpc) is 2.96. The molecule has 2 aromatic heterocycles. The van der Waals surface area contributed by atoms with Crippen LogP contribution in [0.3, 0.4) is 0 Å². The maximum Gasteiger partial charge on any atom is 0.134 e. The molecule has 0 bridgehead atoms. The lowest BCUT2D eigenvalue weighted by atomic mass is 10.1. The Kier molecular flexibility index (Phi) is 2.63. The van der Waals surface area contributed by atoms with Gasteiger partial charge in [0.15, 0.2) is 0 Å². The van der Waals surface area contributed by atoms with E-state index in [4.69, 9.17) is 21.8 Å². The van der Waals surface area contributed by atoms with Crippen LogP contribution in [0.2, 0.25) is 5.02 Å². The third-order valence-corrected chi connectivity index (χ3v) is 3.41. The third-order valence-electron chi connectivity index (χ3n) is 2.57. The van der Waals surface area contributed by atoms with Gasteiger partial charge in [-0.3, -0.25) is 0 Å². The molecule has 5 heteroatoms. The van der Waals surface area contributed by atoms with Crippen molar-refractivity contribution in [2.75, 3.05) is 0 Å². The number of halogens is 1. The first kappa shape index (κ1) is 10.8. The van der Waals surface area contributed by atoms with Gasteiger partial charge in [-0.2, -0.15) is 0 Å². The molecular weight excluding hydrogens is 256 g/mol. The highest BCUT2D eigenvalue weighted by Gasteiger charge is 2.15. The van der Waals surface area contributed by atoms with E-state index in [1.807, 2.05) is 23.6 Å². The number of aromatic nitrogens is 1. The van der Waals surface area contributed by atoms with Gasteiger partial charge in [-0.25, -0.2) is 4.98 Å². The van der Waals surface area contributed by atoms with Gasteiger partial charge in [0.25, 0.3) is 0 Å². The summed E-state index contributed by atoms with van der Waals surface area (Å²) in [5.41, 5.74) is 9.45. The number of rotatable bonds is 2. The van der Waals surface area contributed by atoms with Crippen LogP contribution in [0.15, 0.2) is 39.6 Å². The van der Waals surface area contributed by atoms with E-state index in [2.05, 4.69) is 4.98 Å². The van der Waals surface area contributed by atoms with Crippen LogP contribution >= 0.6 is 22.9 Å². The summed E-state index contributed by atoms with van der Waals surface area (Å²) in [6, 6.07) is 7.08. The Balaban J connectivity index is 2.06. The molecule has 0 spiro atoms. The molecule has 3 aromatic rings. The summed E-state index contributed by atoms with van der Waals surface area (Å²) >= 11 is 7.44. The number of benzene rings is 1. The molecule has 0 amide bonds. The zero-order valence-electron chi connectivity index (χ0n) is 8.76. The number of hydrogen-bond donors (Lipinski definition) is 1. The molecule has 0 saturated carbocycles. The van der Waals surface area contributed by atoms with Crippen molar-refractivity contribution in [3.05, 3.63) is 51.6 Å². The van der Waals surface area contributed by atoms with Gasteiger partial charge in [-0.05, 0) is 24.3 Å². The lowest BCUT2D eigenvalue weighted by Gasteiger charge is -2.03. The molecule has 0 aliphatic carbocycles. The van der Waals surface area contributed by atoms with E-state index in [-0.39, 0.29) is 6.04 Å². The van der Waals surface area contributed by atoms with Gasteiger partial charge in [0.1, 0.15) is 17.4 Å². The van der Waals surface area contributed by atoms with E-state index in [9.17, 15) is 0 Å². The van der Waals surface area contributed by atoms with E-state index in [1.165, 1.54) is 11.3 Å². The summed E-state index contributed by atoms with van der Waals surface area (Å²) < 4.78 is 5.69. The molecule has 1 aromatic carbocycles. The Morgan fingerprint density at radius 1 is 1.35 bits per heavy atom. The summed E-state index contributed by atoms with van der Waals surface area (Å²) in [6.45, 7) is 0. The molecule has 3 nitrogen and oxygen atoms in total. The molecule has 1 unspecified atom stereocenters. The van der Waals surface area contributed by atoms with Crippen LogP contribution in [0, 0.1) is 0 Å². The molecule has 0 aliphatic rings. The van der Waals surface area contributed by atoms with Crippen molar-refractivity contribution in [2.24, 2.45) is 5.73 Å². The lowest BCUT2D eigenvalue weighted by Crippen LogP contribution is -2.10. The number of thiazole rings is 1. The molecule has 0 aliphatic heterocycles. The second-order valence-electron chi connectivity index (χ2n) is 3.72. The largest absolute Gasteiger partial charge is 0.459 e. The summed E-state index contributed by atoms with van der Waals surface area (Å²) in [6.07, 6.45) is 0. The minimum atomic E-state index is -0.326. The number of nitrogens with two attached hydrogens (primary N) is 1. The average molecular weight is 265 g/mol. The van der Waals surface area contributed by atoms with Crippen molar-refractivity contribution < 1.29 is 4.42 Å². The van der Waals surface area contributed by atoms with Gasteiger partial charge in [-0.1, -0.05) is 11.6 Å². The summed E-state index contributed by atoms with van der Waals surface area (Å²) in [5, 5.41) is 3.57. The monoisotopic (exact) mass is 264 g/mol. The highest BCUT2D eigenvalue weighted by Crippen LogP contribution is 2.28. The topological polar surface area (TPSA) is 52.0 Å². The fourth-order valence-corrected chi connectivity index (χ4v) is 2.48. The zero-order chi connectivity index (χ0) is 11.8. The van der Waals surface area contributed by atoms with Crippen LogP contribution in [0.25, 0.3) is 11.0 Å². The van der Waals surface area contributed by atoms with Crippen molar-refractivity contribution in [3.8, 4) is 0 Å². The van der Waals surface area contributed by atoms with Crippen LogP contribution < -0.4 is 5.73 Å². The fraction of sp³-hybridized carbons (Fsp3) is 0.0833. The predicted octanol–water partition coefficient (Wildman–Crippen LogP) is 3.59. The smallest absolute Gasteiger partial charge is 0.134 e. The highest BCUT2D eigenvalue weighted by molar-refractivity contribution is 7.07. The van der Waals surface area contributed by atoms with Gasteiger partial charge in [0, 0.05) is 15.8 Å². The molecule has 0 saturated heterocycles. The van der Waals surface area contributed by atoms with Crippen molar-refractivity contribution in [3.63, 3.8) is 0 Å². The third kappa shape index (κ3) is 1.95. The Bertz CT molecular complexity index is 648. The maximum atomic E-state index is 6.08. The molecular formula is C12H9ClN2OS. The Hall–Kier alpha value is -1.36. The van der Waals surface area contributed by atoms with Crippen LogP contribution in [0.4, 0.5) is 0 Å². The van der Waals surface area contributed by atoms with E-state index in [0.717, 1.165) is 16.7 Å². The Morgan fingerprint density at radius 3 is 3.00 bits per heavy atom. The van der Waals surface area contributed by atoms with Crippen LogP contribution in [-0.2, 0) is 0 Å². The van der Waals surface area contributed by atoms with E-state index < -0.39 is 0 Å². The molecule has 0 radical (unpaired) electrons. The molecule has 2 N–H and O–H groups in total. The van der Waals surface area contributed by atoms with Gasteiger partial charge in [0.2, 0.25) is 0 Å². The zero-order valence-corrected chi connectivity index (χ0v) is 10.3. The summed E-state index contributed by atoms with van der Waals surface area (Å²) in [5.74, 6) is 0.702. The van der Waals surface area contributed by atoms with Crippen molar-refractivity contribution >= 4 is 33.9 Å². The van der Waals surface area contributed by atoms with Gasteiger partial charge < -0.3 is 10.2 Å². The first-order valence-corrected chi connectivity index (χ1v) is 6.39. The van der Waals surface area contributed by atoms with Crippen LogP contribution in [0.1, 0.15) is 17.5 Å². The number of nitrogens with zero attached hydrogens (tertiary/aromatic N) is 1. The molecule has 3 rings (SSSR count). The van der Waals surface area contributed by atoms with E-state index >= 15 is 0 Å². The number of fused-ring (bicyclic) bond motifs is 1. The predicted molar refractivity (Wildman–Crippen MR) is 69.4 cm³/mol. The van der Waals surface area contributed by atoms with Crippen molar-refractivity contribution in [1.29, 1.82) is 0 Å². The lowest BCUT2D eigenvalue weighted by molar-refractivity contribution is 0.521. The Labute approximate surface area is 107 Å². The van der Waals surface area contributed by atoms with E-state index in [1.54, 1.807) is 11.6 Å². The minimum Gasteiger partial charge on any atom is -0.459 e. The standard InChI is InChI=1S/C12H9ClN2OS/c13-8-1-2-10-7(3-8)4-11(16-10)12(14)9-5-17-6-15-9/h1-6,12H,14H2. The van der Waals surface area contributed by atoms with Gasteiger partial charge in [0.05, 0.1) is 11.2 Å². The quantitative estimate of drug-likeness (QED) is 0.770. The second kappa shape index (κ2) is 4.14. The van der Waals surface area contributed by atoms with Crippen LogP contribution in [0.5, 0.6) is 0 Å². The highest BCUT2D eigenvalue weighted by atomic mass is 35.5. The van der Waals surface area contributed by atoms with Gasteiger partial charge in [-0.15, -0.1) is 11.3 Å². The summed E-state index contributed by atoms with van der Waals surface area (Å²) in [4.78, 5) is 4.19. The number of furan rings is 1. The van der Waals surface area contributed by atoms with Crippen molar-refractivity contribution in [1.82, 2.24) is 4.98 Å². The normalized spacial score (nSPS) is 13.1. The fourth-order valence-electron chi connectivity index (χ4n) is 1.71. The molecule has 0 fully saturated rings. The summed E-state index contributed by atoms with van der Waals surface area (Å²) in [7, 11) is 0. The van der Waals surface area contributed by atoms with E-state index in [0.29, 0.717) is 10.8 Å². The molecule has 17 heavy (non-hydrogen) atoms. The first-order valence-electron chi connectivity index (χ1n) is 5.07. The molecule has 2 heterocycles. The maximum absolute atomic E-state index is 6.08. The van der Waals surface area contributed by atoms with Crippen molar-refractivity contribution in [2.45, 2.75) is 6.04 Å². The number of hydrogen-bond acceptors (Lipinski definition) is 4. The molecule has 1 atom stereocenters. The Morgan fingerprint density at radius 2 is 2.24 bits per heavy atom. The SMILES string of the molecule is NC(c1cscn1)c1cc2cc(Cl)ccc2o1. The molecule has 86 valence electrons. The van der Waals surface area contributed by atoms with Gasteiger partial charge >= 0.3 is 0 Å². The first-order chi connectivity index (χ1) is 8.24. The van der Waals surface area contributed by atoms with Crippen LogP contribution in [-0.4, -0.2) is 4.98 Å². The second-order valence-corrected chi connectivity index (χ2v) is 4.88.